The van der Waals surface area contributed by atoms with E-state index in [1.165, 1.54) is 0 Å². The highest BCUT2D eigenvalue weighted by atomic mass is 15.1. The van der Waals surface area contributed by atoms with Crippen LogP contribution in [0.25, 0.3) is 11.0 Å². The van der Waals surface area contributed by atoms with Crippen LogP contribution in [0.3, 0.4) is 0 Å². The highest BCUT2D eigenvalue weighted by Gasteiger charge is 2.04. The standard InChI is InChI=1S/C17H20N4/c1-2-10-18-11-14-6-5-7-15(20-14)12-21-13-19-16-8-3-4-9-17(16)21/h3-9,13,18H,2,10-12H2,1H3. The maximum atomic E-state index is 4.72. The molecule has 0 aliphatic carbocycles. The number of fused-ring (bicyclic) bond motifs is 1. The summed E-state index contributed by atoms with van der Waals surface area (Å²) in [5, 5.41) is 3.39. The Labute approximate surface area is 124 Å². The number of nitrogens with zero attached hydrogens (tertiary/aromatic N) is 3. The molecule has 0 bridgehead atoms. The predicted molar refractivity (Wildman–Crippen MR) is 85.1 cm³/mol. The summed E-state index contributed by atoms with van der Waals surface area (Å²) in [7, 11) is 0. The van der Waals surface area contributed by atoms with Gasteiger partial charge in [-0.3, -0.25) is 4.98 Å². The minimum absolute atomic E-state index is 0.752. The van der Waals surface area contributed by atoms with Crippen LogP contribution >= 0.6 is 0 Å². The van der Waals surface area contributed by atoms with Gasteiger partial charge in [0.25, 0.3) is 0 Å². The van der Waals surface area contributed by atoms with Crippen LogP contribution in [-0.4, -0.2) is 21.1 Å². The maximum Gasteiger partial charge on any atom is 0.0962 e. The number of imidazole rings is 1. The highest BCUT2D eigenvalue weighted by molar-refractivity contribution is 5.74. The van der Waals surface area contributed by atoms with E-state index in [0.717, 1.165) is 48.5 Å². The van der Waals surface area contributed by atoms with Crippen molar-refractivity contribution in [3.8, 4) is 0 Å². The Morgan fingerprint density at radius 3 is 2.81 bits per heavy atom. The van der Waals surface area contributed by atoms with E-state index in [-0.39, 0.29) is 0 Å². The molecule has 0 unspecified atom stereocenters. The van der Waals surface area contributed by atoms with E-state index in [1.807, 2.05) is 24.5 Å². The lowest BCUT2D eigenvalue weighted by molar-refractivity contribution is 0.659. The number of hydrogen-bond donors (Lipinski definition) is 1. The van der Waals surface area contributed by atoms with Crippen molar-refractivity contribution in [2.24, 2.45) is 0 Å². The molecular weight excluding hydrogens is 260 g/mol. The smallest absolute Gasteiger partial charge is 0.0962 e. The predicted octanol–water partition coefficient (Wildman–Crippen LogP) is 2.98. The lowest BCUT2D eigenvalue weighted by Crippen LogP contribution is -2.15. The Morgan fingerprint density at radius 2 is 1.90 bits per heavy atom. The van der Waals surface area contributed by atoms with Gasteiger partial charge in [0.2, 0.25) is 0 Å². The van der Waals surface area contributed by atoms with E-state index in [1.54, 1.807) is 0 Å². The number of hydrogen-bond acceptors (Lipinski definition) is 3. The Bertz CT molecular complexity index is 717. The largest absolute Gasteiger partial charge is 0.324 e. The monoisotopic (exact) mass is 280 g/mol. The van der Waals surface area contributed by atoms with Crippen molar-refractivity contribution in [1.29, 1.82) is 0 Å². The Hall–Kier alpha value is -2.20. The fraction of sp³-hybridized carbons (Fsp3) is 0.294. The van der Waals surface area contributed by atoms with E-state index in [4.69, 9.17) is 4.98 Å². The number of rotatable bonds is 6. The van der Waals surface area contributed by atoms with Crippen LogP contribution in [0.4, 0.5) is 0 Å². The normalized spacial score (nSPS) is 11.1. The number of pyridine rings is 1. The molecule has 1 N–H and O–H groups in total. The molecular formula is C17H20N4. The molecule has 108 valence electrons. The molecule has 3 aromatic rings. The zero-order valence-electron chi connectivity index (χ0n) is 12.3. The Balaban J connectivity index is 1.76. The molecule has 0 aliphatic rings. The Morgan fingerprint density at radius 1 is 1.05 bits per heavy atom. The second-order valence-electron chi connectivity index (χ2n) is 5.16. The van der Waals surface area contributed by atoms with Crippen LogP contribution in [0.1, 0.15) is 24.7 Å². The summed E-state index contributed by atoms with van der Waals surface area (Å²) in [6.45, 7) is 4.77. The van der Waals surface area contributed by atoms with Crippen LogP contribution in [0.5, 0.6) is 0 Å². The topological polar surface area (TPSA) is 42.7 Å². The SMILES string of the molecule is CCCNCc1cccc(Cn2cnc3ccccc32)n1. The lowest BCUT2D eigenvalue weighted by Gasteiger charge is -2.07. The summed E-state index contributed by atoms with van der Waals surface area (Å²) >= 11 is 0. The summed E-state index contributed by atoms with van der Waals surface area (Å²) in [5.41, 5.74) is 4.33. The first kappa shape index (κ1) is 13.8. The Kier molecular flexibility index (Phi) is 4.26. The van der Waals surface area contributed by atoms with Gasteiger partial charge in [0.05, 0.1) is 35.3 Å². The first-order chi connectivity index (χ1) is 10.4. The van der Waals surface area contributed by atoms with Gasteiger partial charge in [-0.05, 0) is 37.2 Å². The molecule has 1 aromatic carbocycles. The van der Waals surface area contributed by atoms with Gasteiger partial charge in [0.1, 0.15) is 0 Å². The van der Waals surface area contributed by atoms with Gasteiger partial charge < -0.3 is 9.88 Å². The molecule has 0 spiro atoms. The molecule has 0 saturated carbocycles. The van der Waals surface area contributed by atoms with Crippen LogP contribution in [0, 0.1) is 0 Å². The molecule has 0 amide bonds. The number of benzene rings is 1. The van der Waals surface area contributed by atoms with E-state index in [0.29, 0.717) is 0 Å². The van der Waals surface area contributed by atoms with Gasteiger partial charge in [-0.1, -0.05) is 25.1 Å². The fourth-order valence-corrected chi connectivity index (χ4v) is 2.42. The van der Waals surface area contributed by atoms with Gasteiger partial charge >= 0.3 is 0 Å². The van der Waals surface area contributed by atoms with Crippen molar-refractivity contribution in [1.82, 2.24) is 19.9 Å². The molecule has 21 heavy (non-hydrogen) atoms. The van der Waals surface area contributed by atoms with Crippen molar-refractivity contribution in [2.75, 3.05) is 6.54 Å². The highest BCUT2D eigenvalue weighted by Crippen LogP contribution is 2.13. The van der Waals surface area contributed by atoms with Crippen LogP contribution in [0.15, 0.2) is 48.8 Å². The van der Waals surface area contributed by atoms with Gasteiger partial charge in [0.15, 0.2) is 0 Å². The number of aromatic nitrogens is 3. The molecule has 4 heteroatoms. The van der Waals surface area contributed by atoms with Crippen LogP contribution in [-0.2, 0) is 13.1 Å². The molecule has 2 heterocycles. The van der Waals surface area contributed by atoms with Crippen molar-refractivity contribution < 1.29 is 0 Å². The number of nitrogens with one attached hydrogen (secondary N) is 1. The first-order valence-electron chi connectivity index (χ1n) is 7.42. The zero-order chi connectivity index (χ0) is 14.5. The van der Waals surface area contributed by atoms with Crippen molar-refractivity contribution in [3.63, 3.8) is 0 Å². The van der Waals surface area contributed by atoms with Gasteiger partial charge in [-0.2, -0.15) is 0 Å². The van der Waals surface area contributed by atoms with E-state index < -0.39 is 0 Å². The molecule has 4 nitrogen and oxygen atoms in total. The molecule has 3 rings (SSSR count). The minimum Gasteiger partial charge on any atom is -0.324 e. The van der Waals surface area contributed by atoms with Gasteiger partial charge in [0, 0.05) is 6.54 Å². The summed E-state index contributed by atoms with van der Waals surface area (Å²) in [5.74, 6) is 0. The second kappa shape index (κ2) is 6.50. The van der Waals surface area contributed by atoms with Crippen molar-refractivity contribution >= 4 is 11.0 Å². The third-order valence-electron chi connectivity index (χ3n) is 3.46. The lowest BCUT2D eigenvalue weighted by atomic mass is 10.2. The van der Waals surface area contributed by atoms with Crippen molar-refractivity contribution in [3.05, 3.63) is 60.2 Å². The van der Waals surface area contributed by atoms with Crippen LogP contribution < -0.4 is 5.32 Å². The molecule has 2 aromatic heterocycles. The summed E-state index contributed by atoms with van der Waals surface area (Å²) in [6.07, 6.45) is 3.02. The second-order valence-corrected chi connectivity index (χ2v) is 5.16. The molecule has 0 radical (unpaired) electrons. The quantitative estimate of drug-likeness (QED) is 0.706. The molecule has 0 aliphatic heterocycles. The minimum atomic E-state index is 0.752. The fourth-order valence-electron chi connectivity index (χ4n) is 2.42. The summed E-state index contributed by atoms with van der Waals surface area (Å²) in [4.78, 5) is 9.14. The third-order valence-corrected chi connectivity index (χ3v) is 3.46. The maximum absolute atomic E-state index is 4.72. The first-order valence-corrected chi connectivity index (χ1v) is 7.42. The average molecular weight is 280 g/mol. The van der Waals surface area contributed by atoms with Gasteiger partial charge in [-0.15, -0.1) is 0 Å². The zero-order valence-corrected chi connectivity index (χ0v) is 12.3. The van der Waals surface area contributed by atoms with E-state index >= 15 is 0 Å². The summed E-state index contributed by atoms with van der Waals surface area (Å²) in [6, 6.07) is 14.4. The molecule has 0 fully saturated rings. The molecule has 0 atom stereocenters. The average Bonchev–Trinajstić information content (AvgIpc) is 2.91. The molecule has 0 saturated heterocycles. The van der Waals surface area contributed by atoms with Crippen molar-refractivity contribution in [2.45, 2.75) is 26.4 Å². The van der Waals surface area contributed by atoms with E-state index in [9.17, 15) is 0 Å². The summed E-state index contributed by atoms with van der Waals surface area (Å²) < 4.78 is 2.14. The van der Waals surface area contributed by atoms with Gasteiger partial charge in [-0.25, -0.2) is 4.98 Å². The van der Waals surface area contributed by atoms with Crippen LogP contribution in [0.2, 0.25) is 0 Å². The van der Waals surface area contributed by atoms with E-state index in [2.05, 4.69) is 46.1 Å². The third kappa shape index (κ3) is 3.28. The number of para-hydroxylation sites is 2.